The van der Waals surface area contributed by atoms with Crippen LogP contribution in [0.25, 0.3) is 21.9 Å². The van der Waals surface area contributed by atoms with Gasteiger partial charge in [0.25, 0.3) is 6.71 Å². The minimum atomic E-state index is 0.0272. The van der Waals surface area contributed by atoms with Crippen LogP contribution in [0.3, 0.4) is 0 Å². The lowest BCUT2D eigenvalue weighted by Gasteiger charge is -2.45. The van der Waals surface area contributed by atoms with Gasteiger partial charge in [-0.3, -0.25) is 0 Å². The third-order valence-corrected chi connectivity index (χ3v) is 12.1. The molecule has 0 atom stereocenters. The fourth-order valence-corrected chi connectivity index (χ4v) is 9.54. The summed E-state index contributed by atoms with van der Waals surface area (Å²) in [5, 5.41) is 2.23. The van der Waals surface area contributed by atoms with Crippen molar-refractivity contribution in [2.24, 2.45) is 0 Å². The quantitative estimate of drug-likeness (QED) is 0.164. The maximum absolute atomic E-state index is 6.90. The second-order valence-electron chi connectivity index (χ2n) is 16.2. The maximum atomic E-state index is 6.90. The molecule has 2 aliphatic heterocycles. The van der Waals surface area contributed by atoms with Gasteiger partial charge in [0.05, 0.1) is 11.4 Å². The lowest BCUT2D eigenvalue weighted by Crippen LogP contribution is -2.61. The molecule has 11 rings (SSSR count). The van der Waals surface area contributed by atoms with Crippen molar-refractivity contribution in [2.75, 3.05) is 14.7 Å². The molecule has 0 amide bonds. The summed E-state index contributed by atoms with van der Waals surface area (Å²) in [6, 6.07) is 60.5. The minimum absolute atomic E-state index is 0.0272. The lowest BCUT2D eigenvalue weighted by atomic mass is 9.33. The number of fused-ring (bicyclic) bond motifs is 7. The first-order valence-electron chi connectivity index (χ1n) is 20.2. The molecule has 0 unspecified atom stereocenters. The van der Waals surface area contributed by atoms with E-state index in [2.05, 4.69) is 213 Å². The Bertz CT molecular complexity index is 2990. The van der Waals surface area contributed by atoms with Crippen LogP contribution < -0.4 is 31.1 Å². The molecule has 0 spiro atoms. The first-order chi connectivity index (χ1) is 28.3. The van der Waals surface area contributed by atoms with Crippen molar-refractivity contribution >= 4 is 96.2 Å². The van der Waals surface area contributed by atoms with E-state index in [1.54, 1.807) is 0 Å². The molecule has 0 bridgehead atoms. The molecule has 8 aromatic carbocycles. The first-order valence-corrected chi connectivity index (χ1v) is 20.2. The van der Waals surface area contributed by atoms with Crippen LogP contribution in [0, 0.1) is 34.6 Å². The molecule has 0 fully saturated rings. The number of nitrogens with zero attached hydrogens (tertiary/aromatic N) is 3. The predicted octanol–water partition coefficient (Wildman–Crippen LogP) is 12.7. The lowest BCUT2D eigenvalue weighted by molar-refractivity contribution is 0.666. The molecule has 5 heteroatoms. The van der Waals surface area contributed by atoms with Gasteiger partial charge >= 0.3 is 0 Å². The van der Waals surface area contributed by atoms with Crippen molar-refractivity contribution in [1.82, 2.24) is 0 Å². The molecule has 0 aliphatic carbocycles. The van der Waals surface area contributed by atoms with Crippen LogP contribution in [0.15, 0.2) is 168 Å². The second-order valence-corrected chi connectivity index (χ2v) is 16.2. The molecule has 0 N–H and O–H groups in total. The molecule has 0 saturated heterocycles. The van der Waals surface area contributed by atoms with E-state index in [1.807, 2.05) is 0 Å². The van der Waals surface area contributed by atoms with Gasteiger partial charge < -0.3 is 19.1 Å². The summed E-state index contributed by atoms with van der Waals surface area (Å²) in [6.45, 7) is 10.9. The zero-order valence-corrected chi connectivity index (χ0v) is 33.4. The number of rotatable bonds is 5. The third kappa shape index (κ3) is 5.23. The Balaban J connectivity index is 1.29. The van der Waals surface area contributed by atoms with Crippen LogP contribution in [-0.2, 0) is 0 Å². The highest BCUT2D eigenvalue weighted by Gasteiger charge is 2.44. The van der Waals surface area contributed by atoms with Crippen molar-refractivity contribution in [3.63, 3.8) is 0 Å². The van der Waals surface area contributed by atoms with E-state index in [4.69, 9.17) is 4.42 Å². The summed E-state index contributed by atoms with van der Waals surface area (Å²) in [5.41, 5.74) is 21.9. The fraction of sp³-hybridized carbons (Fsp3) is 0.0943. The van der Waals surface area contributed by atoms with Gasteiger partial charge in [-0.15, -0.1) is 0 Å². The Kier molecular flexibility index (Phi) is 7.71. The summed E-state index contributed by atoms with van der Waals surface area (Å²) in [5.74, 6) is 0. The molecule has 2 aliphatic rings. The summed E-state index contributed by atoms with van der Waals surface area (Å²) >= 11 is 0. The SMILES string of the molecule is Cc1cccc(N2c3cc(C)ccc3B3c4ccc(C)cc4N(c4cccc(C)c4)c4cc(N(c5ccccc5)c5cccc6c5oc5c(C)cccc56)cc2c43)c1. The van der Waals surface area contributed by atoms with Crippen LogP contribution in [0.4, 0.5) is 51.2 Å². The van der Waals surface area contributed by atoms with Gasteiger partial charge in [0, 0.05) is 50.6 Å². The molecular weight excluding hydrogens is 705 g/mol. The standard InChI is InChI=1S/C53H42BN3O/c1-33-13-9-18-39(27-33)56-47-29-35(3)23-25-44(47)54-45-26-24-36(4)30-48(45)57(40-19-10-14-34(2)28-40)50-32-41(31-49(56)51(50)54)55(38-16-7-6-8-17-38)46-22-12-21-43-42-20-11-15-37(5)52(42)58-53(43)46/h6-32H,1-5H3. The molecule has 9 aromatic rings. The molecule has 1 aromatic heterocycles. The Morgan fingerprint density at radius 3 is 1.55 bits per heavy atom. The van der Waals surface area contributed by atoms with Gasteiger partial charge in [0.15, 0.2) is 5.58 Å². The van der Waals surface area contributed by atoms with Crippen LogP contribution in [0.1, 0.15) is 27.8 Å². The number of benzene rings is 8. The highest BCUT2D eigenvalue weighted by molar-refractivity contribution is 7.00. The zero-order valence-electron chi connectivity index (χ0n) is 33.4. The Labute approximate surface area is 340 Å². The van der Waals surface area contributed by atoms with Crippen LogP contribution in [0.2, 0.25) is 0 Å². The fourth-order valence-electron chi connectivity index (χ4n) is 9.54. The first kappa shape index (κ1) is 34.3. The van der Waals surface area contributed by atoms with E-state index in [0.29, 0.717) is 0 Å². The van der Waals surface area contributed by atoms with Crippen molar-refractivity contribution < 1.29 is 4.42 Å². The molecule has 4 nitrogen and oxygen atoms in total. The van der Waals surface area contributed by atoms with Gasteiger partial charge in [-0.05, 0) is 146 Å². The van der Waals surface area contributed by atoms with Crippen molar-refractivity contribution in [1.29, 1.82) is 0 Å². The monoisotopic (exact) mass is 747 g/mol. The van der Waals surface area contributed by atoms with Gasteiger partial charge in [0.2, 0.25) is 0 Å². The summed E-state index contributed by atoms with van der Waals surface area (Å²) < 4.78 is 6.90. The summed E-state index contributed by atoms with van der Waals surface area (Å²) in [6.07, 6.45) is 0. The van der Waals surface area contributed by atoms with E-state index in [9.17, 15) is 0 Å². The summed E-state index contributed by atoms with van der Waals surface area (Å²) in [4.78, 5) is 7.42. The highest BCUT2D eigenvalue weighted by Crippen LogP contribution is 2.49. The normalized spacial score (nSPS) is 12.8. The van der Waals surface area contributed by atoms with Gasteiger partial charge in [-0.2, -0.15) is 0 Å². The predicted molar refractivity (Wildman–Crippen MR) is 246 cm³/mol. The smallest absolute Gasteiger partial charge is 0.252 e. The van der Waals surface area contributed by atoms with Crippen molar-refractivity contribution in [2.45, 2.75) is 34.6 Å². The minimum Gasteiger partial charge on any atom is -0.454 e. The Hall–Kier alpha value is -6.98. The number of hydrogen-bond donors (Lipinski definition) is 0. The van der Waals surface area contributed by atoms with Crippen molar-refractivity contribution in [3.8, 4) is 0 Å². The maximum Gasteiger partial charge on any atom is 0.252 e. The number of aryl methyl sites for hydroxylation is 5. The number of para-hydroxylation sites is 3. The molecule has 3 heterocycles. The van der Waals surface area contributed by atoms with Gasteiger partial charge in [0.1, 0.15) is 5.58 Å². The Morgan fingerprint density at radius 1 is 0.431 bits per heavy atom. The molecule has 278 valence electrons. The van der Waals surface area contributed by atoms with E-state index in [-0.39, 0.29) is 6.71 Å². The molecule has 0 saturated carbocycles. The van der Waals surface area contributed by atoms with Crippen molar-refractivity contribution in [3.05, 3.63) is 192 Å². The number of anilines is 9. The topological polar surface area (TPSA) is 22.9 Å². The van der Waals surface area contributed by atoms with Crippen LogP contribution in [-0.4, -0.2) is 6.71 Å². The molecule has 58 heavy (non-hydrogen) atoms. The average molecular weight is 748 g/mol. The second kappa shape index (κ2) is 13.0. The van der Waals surface area contributed by atoms with Crippen LogP contribution in [0.5, 0.6) is 0 Å². The number of furan rings is 1. The summed E-state index contributed by atoms with van der Waals surface area (Å²) in [7, 11) is 0. The Morgan fingerprint density at radius 2 is 0.966 bits per heavy atom. The molecule has 0 radical (unpaired) electrons. The number of hydrogen-bond acceptors (Lipinski definition) is 4. The van der Waals surface area contributed by atoms with E-state index in [1.165, 1.54) is 61.4 Å². The highest BCUT2D eigenvalue weighted by atomic mass is 16.3. The average Bonchev–Trinajstić information content (AvgIpc) is 3.62. The van der Waals surface area contributed by atoms with E-state index < -0.39 is 0 Å². The van der Waals surface area contributed by atoms with E-state index in [0.717, 1.165) is 55.9 Å². The third-order valence-electron chi connectivity index (χ3n) is 12.1. The zero-order chi connectivity index (χ0) is 39.2. The largest absolute Gasteiger partial charge is 0.454 e. The molecular formula is C53H42BN3O. The van der Waals surface area contributed by atoms with Gasteiger partial charge in [-0.25, -0.2) is 0 Å². The van der Waals surface area contributed by atoms with Gasteiger partial charge in [-0.1, -0.05) is 97.1 Å². The van der Waals surface area contributed by atoms with Crippen LogP contribution >= 0.6 is 0 Å². The van der Waals surface area contributed by atoms with E-state index >= 15 is 0 Å².